The Bertz CT molecular complexity index is 1410. The zero-order valence-corrected chi connectivity index (χ0v) is 30.4. The van der Waals surface area contributed by atoms with E-state index < -0.39 is 87.8 Å². The molecule has 4 saturated carbocycles. The van der Waals surface area contributed by atoms with E-state index in [1.54, 1.807) is 0 Å². The average molecular weight is 691 g/mol. The molecule has 1 heterocycles. The lowest BCUT2D eigenvalue weighted by atomic mass is 9.33. The molecule has 0 aromatic heterocycles. The highest BCUT2D eigenvalue weighted by atomic mass is 16.7. The van der Waals surface area contributed by atoms with Gasteiger partial charge in [-0.15, -0.1) is 0 Å². The Morgan fingerprint density at radius 1 is 0.918 bits per heavy atom. The minimum atomic E-state index is -1.58. The highest BCUT2D eigenvalue weighted by molar-refractivity contribution is 5.96. The molecular weight excluding hydrogens is 632 g/mol. The number of ketones is 1. The van der Waals surface area contributed by atoms with Gasteiger partial charge in [0.25, 0.3) is 0 Å². The molecule has 6 rings (SSSR count). The Labute approximate surface area is 289 Å². The molecule has 1 saturated heterocycles. The van der Waals surface area contributed by atoms with Crippen molar-refractivity contribution in [2.24, 2.45) is 50.2 Å². The van der Waals surface area contributed by atoms with Crippen LogP contribution in [0.2, 0.25) is 0 Å². The number of aliphatic hydroxyl groups is 4. The summed E-state index contributed by atoms with van der Waals surface area (Å²) in [4.78, 5) is 38.5. The molecule has 15 atom stereocenters. The van der Waals surface area contributed by atoms with Crippen molar-refractivity contribution in [3.63, 3.8) is 0 Å². The Kier molecular flexibility index (Phi) is 8.90. The third-order valence-corrected chi connectivity index (χ3v) is 15.5. The highest BCUT2D eigenvalue weighted by Crippen LogP contribution is 2.75. The van der Waals surface area contributed by atoms with Crippen LogP contribution in [0.1, 0.15) is 107 Å². The third-order valence-electron chi connectivity index (χ3n) is 15.5. The number of carboxylic acid groups (broad SMARTS) is 1. The molecule has 11 heteroatoms. The first-order chi connectivity index (χ1) is 22.6. The van der Waals surface area contributed by atoms with E-state index in [0.29, 0.717) is 32.1 Å². The predicted molar refractivity (Wildman–Crippen MR) is 177 cm³/mol. The van der Waals surface area contributed by atoms with Gasteiger partial charge in [-0.05, 0) is 97.9 Å². The summed E-state index contributed by atoms with van der Waals surface area (Å²) >= 11 is 0. The van der Waals surface area contributed by atoms with Gasteiger partial charge in [0, 0.05) is 18.3 Å². The summed E-state index contributed by atoms with van der Waals surface area (Å²) in [6.07, 6.45) is -1.23. The first-order valence-corrected chi connectivity index (χ1v) is 18.2. The maximum absolute atomic E-state index is 14.7. The number of carbonyl (C=O) groups is 3. The van der Waals surface area contributed by atoms with E-state index in [2.05, 4.69) is 41.5 Å². The lowest BCUT2D eigenvalue weighted by molar-refractivity contribution is -0.331. The van der Waals surface area contributed by atoms with Crippen molar-refractivity contribution >= 4 is 17.7 Å². The molecule has 1 unspecified atom stereocenters. The minimum Gasteiger partial charge on any atom is -0.481 e. The van der Waals surface area contributed by atoms with Gasteiger partial charge >= 0.3 is 11.9 Å². The summed E-state index contributed by atoms with van der Waals surface area (Å²) < 4.78 is 17.3. The van der Waals surface area contributed by atoms with Crippen molar-refractivity contribution in [3.05, 3.63) is 11.6 Å². The second kappa shape index (κ2) is 11.8. The molecule has 0 spiro atoms. The first kappa shape index (κ1) is 36.9. The summed E-state index contributed by atoms with van der Waals surface area (Å²) in [7, 11) is 0. The molecule has 5 aliphatic carbocycles. The molecule has 5 fully saturated rings. The summed E-state index contributed by atoms with van der Waals surface area (Å²) in [5.41, 5.74) is -2.30. The van der Waals surface area contributed by atoms with E-state index in [0.717, 1.165) is 24.8 Å². The van der Waals surface area contributed by atoms with Crippen LogP contribution in [0.5, 0.6) is 0 Å². The number of fused-ring (bicyclic) bond motifs is 7. The van der Waals surface area contributed by atoms with Gasteiger partial charge < -0.3 is 39.7 Å². The largest absolute Gasteiger partial charge is 0.481 e. The van der Waals surface area contributed by atoms with Crippen molar-refractivity contribution in [2.45, 2.75) is 150 Å². The zero-order valence-electron chi connectivity index (χ0n) is 30.4. The van der Waals surface area contributed by atoms with Gasteiger partial charge in [0.05, 0.1) is 17.6 Å². The van der Waals surface area contributed by atoms with Crippen molar-refractivity contribution in [2.75, 3.05) is 6.61 Å². The van der Waals surface area contributed by atoms with Crippen LogP contribution in [0.25, 0.3) is 0 Å². The number of hydrogen-bond donors (Lipinski definition) is 5. The lowest BCUT2D eigenvalue weighted by Crippen LogP contribution is -2.71. The van der Waals surface area contributed by atoms with Gasteiger partial charge in [-0.25, -0.2) is 0 Å². The van der Waals surface area contributed by atoms with E-state index >= 15 is 0 Å². The number of carboxylic acids is 1. The van der Waals surface area contributed by atoms with Crippen LogP contribution >= 0.6 is 0 Å². The van der Waals surface area contributed by atoms with Crippen LogP contribution in [0, 0.1) is 50.2 Å². The van der Waals surface area contributed by atoms with E-state index in [9.17, 15) is 39.9 Å². The van der Waals surface area contributed by atoms with Gasteiger partial charge in [-0.2, -0.15) is 0 Å². The molecule has 0 amide bonds. The number of esters is 1. The lowest BCUT2D eigenvalue weighted by Gasteiger charge is -2.71. The first-order valence-electron chi connectivity index (χ1n) is 18.2. The fourth-order valence-corrected chi connectivity index (χ4v) is 12.1. The highest BCUT2D eigenvalue weighted by Gasteiger charge is 2.73. The fraction of sp³-hybridized carbons (Fsp3) is 0.868. The zero-order chi connectivity index (χ0) is 36.3. The van der Waals surface area contributed by atoms with E-state index in [1.807, 2.05) is 13.0 Å². The van der Waals surface area contributed by atoms with Crippen molar-refractivity contribution in [1.29, 1.82) is 0 Å². The Morgan fingerprint density at radius 2 is 1.57 bits per heavy atom. The number of carbonyl (C=O) groups excluding carboxylic acids is 2. The number of hydrogen-bond acceptors (Lipinski definition) is 10. The Hall–Kier alpha value is -1.89. The smallest absolute Gasteiger partial charge is 0.309 e. The molecule has 0 aromatic carbocycles. The molecule has 0 aromatic rings. The van der Waals surface area contributed by atoms with E-state index in [4.69, 9.17) is 14.2 Å². The van der Waals surface area contributed by atoms with Crippen LogP contribution in [-0.2, 0) is 28.6 Å². The van der Waals surface area contributed by atoms with Crippen molar-refractivity contribution in [3.8, 4) is 0 Å². The standard InChI is InChI=1S/C38H58O11/c1-19(39)47-18-23-27(42)28(43)29(44)31(48-23)49-26-9-10-36(6)24(33(26,2)3)16-25(41)38(8)30(36)22(40)15-20-21-17-35(5,32(45)46)12-11-34(21,4)13-14-37(20,38)7/h15,21,23-31,41-44H,9-14,16-18H2,1-8H3,(H,45,46)/t21-,23+,24-,25-,26-,27+,28-,29+,30?,31-,34+,35-,36-,37+,38+/m0/s1. The Balaban J connectivity index is 1.31. The molecule has 6 aliphatic rings. The average Bonchev–Trinajstić information content (AvgIpc) is 3.01. The van der Waals surface area contributed by atoms with Gasteiger partial charge in [0.2, 0.25) is 0 Å². The van der Waals surface area contributed by atoms with Crippen LogP contribution in [0.15, 0.2) is 11.6 Å². The summed E-state index contributed by atoms with van der Waals surface area (Å²) in [6.45, 7) is 15.6. The van der Waals surface area contributed by atoms with Gasteiger partial charge in [-0.1, -0.05) is 47.1 Å². The van der Waals surface area contributed by atoms with Crippen molar-refractivity contribution < 1.29 is 54.1 Å². The molecular formula is C38H58O11. The Morgan fingerprint density at radius 3 is 2.20 bits per heavy atom. The van der Waals surface area contributed by atoms with E-state index in [1.165, 1.54) is 6.92 Å². The maximum Gasteiger partial charge on any atom is 0.309 e. The molecule has 5 N–H and O–H groups in total. The van der Waals surface area contributed by atoms with Crippen LogP contribution < -0.4 is 0 Å². The van der Waals surface area contributed by atoms with Gasteiger partial charge in [-0.3, -0.25) is 14.4 Å². The minimum absolute atomic E-state index is 0.0136. The number of aliphatic hydroxyl groups excluding tert-OH is 4. The molecule has 49 heavy (non-hydrogen) atoms. The predicted octanol–water partition coefficient (Wildman–Crippen LogP) is 3.78. The summed E-state index contributed by atoms with van der Waals surface area (Å²) in [5.74, 6) is -2.03. The molecule has 11 nitrogen and oxygen atoms in total. The normalized spacial score (nSPS) is 52.1. The number of allylic oxidation sites excluding steroid dienone is 2. The molecule has 0 bridgehead atoms. The van der Waals surface area contributed by atoms with Gasteiger partial charge in [0.15, 0.2) is 12.1 Å². The second-order valence-electron chi connectivity index (χ2n) is 18.4. The maximum atomic E-state index is 14.7. The quantitative estimate of drug-likeness (QED) is 0.209. The van der Waals surface area contributed by atoms with Crippen molar-refractivity contribution in [1.82, 2.24) is 0 Å². The van der Waals surface area contributed by atoms with Crippen LogP contribution in [0.4, 0.5) is 0 Å². The third kappa shape index (κ3) is 5.22. The number of ether oxygens (including phenoxy) is 3. The fourth-order valence-electron chi connectivity index (χ4n) is 12.1. The summed E-state index contributed by atoms with van der Waals surface area (Å²) in [6, 6.07) is 0. The SMILES string of the molecule is CC(=O)OC[C@H]1O[C@@H](O[C@H]2CC[C@]3(C)C4C(=O)C=C5[C@@H]6C[C@@](C)(C(=O)O)CC[C@]6(C)CC[C@@]5(C)[C@]4(C)[C@@H](O)C[C@H]3C2(C)C)[C@H](O)[C@@H](O)[C@@H]1O. The number of rotatable bonds is 5. The van der Waals surface area contributed by atoms with Gasteiger partial charge in [0.1, 0.15) is 31.0 Å². The van der Waals surface area contributed by atoms with E-state index in [-0.39, 0.29) is 29.6 Å². The summed E-state index contributed by atoms with van der Waals surface area (Å²) in [5, 5.41) is 54.6. The van der Waals surface area contributed by atoms with Crippen LogP contribution in [0.3, 0.4) is 0 Å². The topological polar surface area (TPSA) is 180 Å². The molecule has 1 aliphatic heterocycles. The number of aliphatic carboxylic acids is 1. The molecule has 0 radical (unpaired) electrons. The van der Waals surface area contributed by atoms with Crippen LogP contribution in [-0.4, -0.2) is 92.8 Å². The molecule has 276 valence electrons. The monoisotopic (exact) mass is 690 g/mol. The second-order valence-corrected chi connectivity index (χ2v) is 18.4.